The fourth-order valence-corrected chi connectivity index (χ4v) is 1.96. The normalized spacial score (nSPS) is 10.8. The van der Waals surface area contributed by atoms with Crippen LogP contribution in [0.25, 0.3) is 11.1 Å². The minimum absolute atomic E-state index is 0.203. The van der Waals surface area contributed by atoms with Gasteiger partial charge in [-0.2, -0.15) is 5.10 Å². The zero-order valence-corrected chi connectivity index (χ0v) is 10.8. The van der Waals surface area contributed by atoms with Gasteiger partial charge in [0, 0.05) is 30.4 Å². The fourth-order valence-electron chi connectivity index (χ4n) is 1.96. The third-order valence-corrected chi connectivity index (χ3v) is 2.81. The maximum absolute atomic E-state index is 13.8. The Hall–Kier alpha value is -1.68. The molecule has 18 heavy (non-hydrogen) atoms. The molecule has 0 radical (unpaired) electrons. The van der Waals surface area contributed by atoms with Crippen LogP contribution in [0.5, 0.6) is 0 Å². The molecule has 3 nitrogen and oxygen atoms in total. The first-order valence-corrected chi connectivity index (χ1v) is 6.20. The molecule has 1 aromatic heterocycles. The Kier molecular flexibility index (Phi) is 4.10. The first-order chi connectivity index (χ1) is 8.74. The molecule has 1 aromatic carbocycles. The summed E-state index contributed by atoms with van der Waals surface area (Å²) in [7, 11) is 1.88. The van der Waals surface area contributed by atoms with Crippen molar-refractivity contribution in [3.05, 3.63) is 42.0 Å². The van der Waals surface area contributed by atoms with Crippen molar-refractivity contribution in [2.75, 3.05) is 7.05 Å². The van der Waals surface area contributed by atoms with E-state index in [2.05, 4.69) is 17.3 Å². The number of hydrogen-bond acceptors (Lipinski definition) is 2. The Morgan fingerprint density at radius 2 is 2.22 bits per heavy atom. The molecule has 96 valence electrons. The SMILES string of the molecule is CCCn1cc(-c2cc(CNC)ccc2F)cn1. The Morgan fingerprint density at radius 3 is 2.94 bits per heavy atom. The van der Waals surface area contributed by atoms with Gasteiger partial charge in [0.05, 0.1) is 6.20 Å². The summed E-state index contributed by atoms with van der Waals surface area (Å²) in [5.74, 6) is -0.203. The lowest BCUT2D eigenvalue weighted by molar-refractivity contribution is 0.602. The minimum Gasteiger partial charge on any atom is -0.316 e. The van der Waals surface area contributed by atoms with Crippen molar-refractivity contribution in [3.63, 3.8) is 0 Å². The summed E-state index contributed by atoms with van der Waals surface area (Å²) < 4.78 is 15.7. The highest BCUT2D eigenvalue weighted by atomic mass is 19.1. The van der Waals surface area contributed by atoms with E-state index in [-0.39, 0.29) is 5.82 Å². The van der Waals surface area contributed by atoms with Crippen molar-refractivity contribution < 1.29 is 4.39 Å². The van der Waals surface area contributed by atoms with Gasteiger partial charge in [0.15, 0.2) is 0 Å². The molecule has 0 saturated carbocycles. The molecule has 0 amide bonds. The van der Waals surface area contributed by atoms with Gasteiger partial charge in [-0.25, -0.2) is 4.39 Å². The zero-order valence-electron chi connectivity index (χ0n) is 10.8. The maximum atomic E-state index is 13.8. The van der Waals surface area contributed by atoms with E-state index in [1.165, 1.54) is 6.07 Å². The van der Waals surface area contributed by atoms with Crippen LogP contribution in [0.2, 0.25) is 0 Å². The Bertz CT molecular complexity index is 520. The predicted octanol–water partition coefficient (Wildman–Crippen LogP) is 2.82. The van der Waals surface area contributed by atoms with Crippen molar-refractivity contribution in [3.8, 4) is 11.1 Å². The number of rotatable bonds is 5. The van der Waals surface area contributed by atoms with Crippen LogP contribution in [0.3, 0.4) is 0 Å². The third kappa shape index (κ3) is 2.76. The van der Waals surface area contributed by atoms with Crippen LogP contribution < -0.4 is 5.32 Å². The van der Waals surface area contributed by atoms with Gasteiger partial charge < -0.3 is 5.32 Å². The zero-order chi connectivity index (χ0) is 13.0. The van der Waals surface area contributed by atoms with E-state index in [1.807, 2.05) is 24.0 Å². The molecular formula is C14H18FN3. The monoisotopic (exact) mass is 247 g/mol. The second-order valence-electron chi connectivity index (χ2n) is 4.34. The second kappa shape index (κ2) is 5.78. The fraction of sp³-hybridized carbons (Fsp3) is 0.357. The van der Waals surface area contributed by atoms with Crippen LogP contribution in [0.4, 0.5) is 4.39 Å². The number of halogens is 1. The van der Waals surface area contributed by atoms with E-state index < -0.39 is 0 Å². The highest BCUT2D eigenvalue weighted by Crippen LogP contribution is 2.23. The summed E-state index contributed by atoms with van der Waals surface area (Å²) in [6.07, 6.45) is 4.63. The summed E-state index contributed by atoms with van der Waals surface area (Å²) in [4.78, 5) is 0. The van der Waals surface area contributed by atoms with Gasteiger partial charge in [0.25, 0.3) is 0 Å². The van der Waals surface area contributed by atoms with E-state index in [0.717, 1.165) is 30.6 Å². The number of nitrogens with zero attached hydrogens (tertiary/aromatic N) is 2. The van der Waals surface area contributed by atoms with E-state index in [4.69, 9.17) is 0 Å². The number of aryl methyl sites for hydroxylation is 1. The summed E-state index contributed by atoms with van der Waals surface area (Å²) in [5, 5.41) is 7.30. The first-order valence-electron chi connectivity index (χ1n) is 6.20. The molecule has 0 spiro atoms. The molecule has 0 aliphatic carbocycles. The minimum atomic E-state index is -0.203. The van der Waals surface area contributed by atoms with Crippen LogP contribution >= 0.6 is 0 Å². The highest BCUT2D eigenvalue weighted by molar-refractivity contribution is 5.63. The van der Waals surface area contributed by atoms with E-state index in [9.17, 15) is 4.39 Å². The Balaban J connectivity index is 2.32. The van der Waals surface area contributed by atoms with Crippen molar-refractivity contribution in [1.82, 2.24) is 15.1 Å². The van der Waals surface area contributed by atoms with Gasteiger partial charge in [-0.1, -0.05) is 13.0 Å². The average Bonchev–Trinajstić information content (AvgIpc) is 2.81. The third-order valence-electron chi connectivity index (χ3n) is 2.81. The lowest BCUT2D eigenvalue weighted by atomic mass is 10.1. The number of nitrogens with one attached hydrogen (secondary N) is 1. The van der Waals surface area contributed by atoms with Gasteiger partial charge >= 0.3 is 0 Å². The van der Waals surface area contributed by atoms with E-state index >= 15 is 0 Å². The molecule has 2 aromatic rings. The quantitative estimate of drug-likeness (QED) is 0.880. The highest BCUT2D eigenvalue weighted by Gasteiger charge is 2.08. The van der Waals surface area contributed by atoms with E-state index in [0.29, 0.717) is 5.56 Å². The molecule has 0 aliphatic heterocycles. The van der Waals surface area contributed by atoms with Crippen molar-refractivity contribution in [2.24, 2.45) is 0 Å². The topological polar surface area (TPSA) is 29.9 Å². The largest absolute Gasteiger partial charge is 0.316 e. The summed E-state index contributed by atoms with van der Waals surface area (Å²) in [6.45, 7) is 3.68. The van der Waals surface area contributed by atoms with Crippen LogP contribution in [0.1, 0.15) is 18.9 Å². The Morgan fingerprint density at radius 1 is 1.39 bits per heavy atom. The molecule has 0 fully saturated rings. The van der Waals surface area contributed by atoms with Gasteiger partial charge in [0.1, 0.15) is 5.82 Å². The lowest BCUT2D eigenvalue weighted by Gasteiger charge is -2.04. The number of hydrogen-bond donors (Lipinski definition) is 1. The molecule has 1 heterocycles. The number of benzene rings is 1. The summed E-state index contributed by atoms with van der Waals surface area (Å²) >= 11 is 0. The van der Waals surface area contributed by atoms with E-state index in [1.54, 1.807) is 12.3 Å². The average molecular weight is 247 g/mol. The van der Waals surface area contributed by atoms with Crippen LogP contribution in [0, 0.1) is 5.82 Å². The standard InChI is InChI=1S/C14H18FN3/c1-3-6-18-10-12(9-17-18)13-7-11(8-16-2)4-5-14(13)15/h4-5,7,9-10,16H,3,6,8H2,1-2H3. The molecule has 0 atom stereocenters. The molecule has 0 saturated heterocycles. The van der Waals surface area contributed by atoms with Crippen LogP contribution in [-0.4, -0.2) is 16.8 Å². The lowest BCUT2D eigenvalue weighted by Crippen LogP contribution is -2.05. The predicted molar refractivity (Wildman–Crippen MR) is 70.7 cm³/mol. The maximum Gasteiger partial charge on any atom is 0.131 e. The Labute approximate surface area is 107 Å². The summed E-state index contributed by atoms with van der Waals surface area (Å²) in [6, 6.07) is 5.18. The molecular weight excluding hydrogens is 229 g/mol. The van der Waals surface area contributed by atoms with Gasteiger partial charge in [-0.3, -0.25) is 4.68 Å². The van der Waals surface area contributed by atoms with Gasteiger partial charge in [-0.05, 0) is 31.2 Å². The van der Waals surface area contributed by atoms with Crippen LogP contribution in [-0.2, 0) is 13.1 Å². The van der Waals surface area contributed by atoms with Crippen molar-refractivity contribution >= 4 is 0 Å². The van der Waals surface area contributed by atoms with Gasteiger partial charge in [-0.15, -0.1) is 0 Å². The molecule has 0 aliphatic rings. The molecule has 4 heteroatoms. The number of aromatic nitrogens is 2. The van der Waals surface area contributed by atoms with Crippen molar-refractivity contribution in [1.29, 1.82) is 0 Å². The molecule has 0 unspecified atom stereocenters. The summed E-state index contributed by atoms with van der Waals surface area (Å²) in [5.41, 5.74) is 2.51. The van der Waals surface area contributed by atoms with Gasteiger partial charge in [0.2, 0.25) is 0 Å². The first kappa shape index (κ1) is 12.8. The smallest absolute Gasteiger partial charge is 0.131 e. The molecule has 2 rings (SSSR count). The molecule has 0 bridgehead atoms. The van der Waals surface area contributed by atoms with Crippen LogP contribution in [0.15, 0.2) is 30.6 Å². The second-order valence-corrected chi connectivity index (χ2v) is 4.34. The molecule has 1 N–H and O–H groups in total. The van der Waals surface area contributed by atoms with Crippen molar-refractivity contribution in [2.45, 2.75) is 26.4 Å².